The maximum atomic E-state index is 14.5. The third kappa shape index (κ3) is 7.84. The van der Waals surface area contributed by atoms with Crippen molar-refractivity contribution in [2.45, 2.75) is 104 Å². The fraction of sp³-hybridized carbons (Fsp3) is 0.619. The Morgan fingerprint density at radius 2 is 1.18 bits per heavy atom. The minimum absolute atomic E-state index is 0.0750. The Labute approximate surface area is 313 Å². The lowest BCUT2D eigenvalue weighted by molar-refractivity contribution is -0.229. The van der Waals surface area contributed by atoms with Crippen LogP contribution in [0.3, 0.4) is 0 Å². The highest BCUT2D eigenvalue weighted by atomic mass is 127. The zero-order chi connectivity index (χ0) is 35.5. The van der Waals surface area contributed by atoms with Crippen LogP contribution in [0, 0.1) is 39.1 Å². The van der Waals surface area contributed by atoms with Crippen LogP contribution in [0.25, 0.3) is 22.4 Å². The van der Waals surface area contributed by atoms with E-state index in [-0.39, 0.29) is 56.7 Å². The number of carbonyl (C=O) groups is 2. The molecule has 3 heterocycles. The molecule has 2 aliphatic heterocycles. The molecular weight excluding hydrogens is 755 g/mol. The van der Waals surface area contributed by atoms with Crippen LogP contribution < -0.4 is 0 Å². The number of ketones is 2. The molecule has 2 aliphatic carbocycles. The number of imidazole rings is 1. The number of halogens is 1. The van der Waals surface area contributed by atoms with Crippen molar-refractivity contribution in [2.24, 2.45) is 35.5 Å². The van der Waals surface area contributed by atoms with E-state index < -0.39 is 0 Å². The minimum atomic E-state index is -0.270. The summed E-state index contributed by atoms with van der Waals surface area (Å²) in [6.45, 7) is 10.1. The molecule has 0 atom stereocenters. The van der Waals surface area contributed by atoms with E-state index in [0.717, 1.165) is 108 Å². The van der Waals surface area contributed by atoms with Crippen LogP contribution in [0.2, 0.25) is 0 Å². The quantitative estimate of drug-likeness (QED) is 0.141. The summed E-state index contributed by atoms with van der Waals surface area (Å²) in [4.78, 5) is 34.1. The van der Waals surface area contributed by atoms with Gasteiger partial charge in [-0.3, -0.25) is 9.59 Å². The molecule has 0 radical (unpaired) electrons. The van der Waals surface area contributed by atoms with Crippen molar-refractivity contribution in [3.63, 3.8) is 0 Å². The number of hydrogen-bond donors (Lipinski definition) is 0. The van der Waals surface area contributed by atoms with Gasteiger partial charge in [-0.25, -0.2) is 4.98 Å². The highest BCUT2D eigenvalue weighted by Gasteiger charge is 2.38. The molecule has 7 rings (SSSR count). The monoisotopic (exact) mass is 810 g/mol. The summed E-state index contributed by atoms with van der Waals surface area (Å²) in [6, 6.07) is 12.3. The van der Waals surface area contributed by atoms with Crippen molar-refractivity contribution in [3.05, 3.63) is 51.1 Å². The van der Waals surface area contributed by atoms with Crippen LogP contribution in [0.1, 0.15) is 106 Å². The van der Waals surface area contributed by atoms with E-state index in [1.165, 1.54) is 3.57 Å². The topological polar surface area (TPSA) is 88.9 Å². The third-order valence-electron chi connectivity index (χ3n) is 12.2. The molecule has 9 heteroatoms. The van der Waals surface area contributed by atoms with Crippen LogP contribution in [0.4, 0.5) is 0 Å². The molecule has 1 aromatic heterocycles. The summed E-state index contributed by atoms with van der Waals surface area (Å²) in [5.41, 5.74) is 3.76. The van der Waals surface area contributed by atoms with Crippen LogP contribution in [-0.2, 0) is 25.5 Å². The molecule has 4 fully saturated rings. The molecule has 0 amide bonds. The summed E-state index contributed by atoms with van der Waals surface area (Å²) in [7, 11) is 0. The van der Waals surface area contributed by atoms with Gasteiger partial charge in [0.05, 0.1) is 31.9 Å². The van der Waals surface area contributed by atoms with Crippen molar-refractivity contribution in [3.8, 4) is 11.4 Å². The first-order valence-electron chi connectivity index (χ1n) is 19.5. The highest BCUT2D eigenvalue weighted by molar-refractivity contribution is 14.2. The van der Waals surface area contributed by atoms with Gasteiger partial charge < -0.3 is 23.5 Å². The number of nitrogens with zero attached hydrogens (tertiary/aromatic N) is 2. The van der Waals surface area contributed by atoms with Crippen LogP contribution in [-0.4, -0.2) is 64.6 Å². The molecule has 8 nitrogen and oxygen atoms in total. The standard InChI is InChI=1S/C42H55IN2O6/c1-5-26-22-48-41(49-23-26)31-12-8-28(9-13-31)38(46)34-20-21-35(37-36(34)44-40(45(37)7-3)30-16-18-33(43-4)19-17-30)39(47)29-10-14-32(15-11-29)42-50-24-27(6-2)25-51-42/h16-21,26-29,31-32,41-42H,4-15,22-25H2,1-3H3. The van der Waals surface area contributed by atoms with Crippen LogP contribution >= 0.6 is 20.7 Å². The second kappa shape index (κ2) is 16.8. The second-order valence-corrected chi connectivity index (χ2v) is 17.3. The zero-order valence-electron chi connectivity index (χ0n) is 30.6. The molecule has 2 aromatic carbocycles. The van der Waals surface area contributed by atoms with Crippen molar-refractivity contribution < 1.29 is 28.5 Å². The van der Waals surface area contributed by atoms with E-state index in [9.17, 15) is 9.59 Å². The number of aryl methyl sites for hydroxylation is 1. The number of aromatic nitrogens is 2. The van der Waals surface area contributed by atoms with Gasteiger partial charge in [0.2, 0.25) is 0 Å². The molecule has 2 saturated heterocycles. The fourth-order valence-electron chi connectivity index (χ4n) is 8.73. The maximum Gasteiger partial charge on any atom is 0.168 e. The van der Waals surface area contributed by atoms with E-state index in [1.807, 2.05) is 12.1 Å². The van der Waals surface area contributed by atoms with Crippen molar-refractivity contribution in [1.29, 1.82) is 0 Å². The molecule has 2 saturated carbocycles. The number of benzene rings is 2. The summed E-state index contributed by atoms with van der Waals surface area (Å²) in [5, 5.41) is 0. The van der Waals surface area contributed by atoms with E-state index in [1.54, 1.807) is 0 Å². The van der Waals surface area contributed by atoms with Gasteiger partial charge in [-0.2, -0.15) is 0 Å². The van der Waals surface area contributed by atoms with Gasteiger partial charge in [0, 0.05) is 62.3 Å². The largest absolute Gasteiger partial charge is 0.352 e. The normalized spacial score (nSPS) is 30.3. The summed E-state index contributed by atoms with van der Waals surface area (Å²) < 4.78 is 32.0. The Hall–Kier alpha value is -2.31. The smallest absolute Gasteiger partial charge is 0.168 e. The van der Waals surface area contributed by atoms with Crippen molar-refractivity contribution >= 4 is 47.8 Å². The highest BCUT2D eigenvalue weighted by Crippen LogP contribution is 2.40. The second-order valence-electron chi connectivity index (χ2n) is 15.2. The SMILES string of the molecule is C=Ic1ccc(-c2nc3c(C(=O)C4CCC(C5OCC(CC)CO5)CC4)ccc(C(=O)C4CCC(C5OCC(CC)CO5)CC4)c3n2CC)cc1. The number of hydrogen-bond acceptors (Lipinski definition) is 7. The Morgan fingerprint density at radius 1 is 0.706 bits per heavy atom. The van der Waals surface area contributed by atoms with E-state index in [4.69, 9.17) is 23.9 Å². The average molecular weight is 811 g/mol. The molecule has 276 valence electrons. The van der Waals surface area contributed by atoms with E-state index in [2.05, 4.69) is 54.1 Å². The average Bonchev–Trinajstić information content (AvgIpc) is 3.60. The number of fused-ring (bicyclic) bond motifs is 1. The Bertz CT molecular complexity index is 1670. The van der Waals surface area contributed by atoms with Gasteiger partial charge >= 0.3 is 0 Å². The number of ether oxygens (including phenoxy) is 4. The summed E-state index contributed by atoms with van der Waals surface area (Å²) >= 11 is -0.270. The maximum absolute atomic E-state index is 14.5. The molecule has 0 spiro atoms. The number of rotatable bonds is 11. The van der Waals surface area contributed by atoms with Crippen molar-refractivity contribution in [2.75, 3.05) is 26.4 Å². The molecule has 4 aliphatic rings. The lowest BCUT2D eigenvalue weighted by Crippen LogP contribution is -2.39. The van der Waals surface area contributed by atoms with Gasteiger partial charge in [0.25, 0.3) is 0 Å². The Morgan fingerprint density at radius 3 is 1.63 bits per heavy atom. The third-order valence-corrected chi connectivity index (χ3v) is 13.8. The van der Waals surface area contributed by atoms with Gasteiger partial charge in [-0.05, 0) is 95.4 Å². The predicted molar refractivity (Wildman–Crippen MR) is 209 cm³/mol. The first-order chi connectivity index (χ1) is 24.9. The summed E-state index contributed by atoms with van der Waals surface area (Å²) in [5.74, 6) is 2.53. The van der Waals surface area contributed by atoms with Gasteiger partial charge in [-0.15, -0.1) is 0 Å². The van der Waals surface area contributed by atoms with Gasteiger partial charge in [-0.1, -0.05) is 51.2 Å². The number of Topliss-reactive ketones (excluding diaryl/α,β-unsaturated/α-hetero) is 2. The van der Waals surface area contributed by atoms with Crippen LogP contribution in [0.5, 0.6) is 0 Å². The van der Waals surface area contributed by atoms with E-state index in [0.29, 0.717) is 46.9 Å². The first-order valence-corrected chi connectivity index (χ1v) is 22.1. The molecular formula is C42H55IN2O6. The lowest BCUT2D eigenvalue weighted by Gasteiger charge is -2.37. The summed E-state index contributed by atoms with van der Waals surface area (Å²) in [6.07, 6.45) is 8.69. The van der Waals surface area contributed by atoms with E-state index >= 15 is 0 Å². The Balaban J connectivity index is 1.14. The number of carbonyl (C=O) groups excluding carboxylic acids is 2. The molecule has 51 heavy (non-hydrogen) atoms. The van der Waals surface area contributed by atoms with Crippen LogP contribution in [0.15, 0.2) is 36.4 Å². The first kappa shape index (κ1) is 37.0. The molecule has 0 N–H and O–H groups in total. The minimum Gasteiger partial charge on any atom is -0.352 e. The molecule has 0 unspecified atom stereocenters. The predicted octanol–water partition coefficient (Wildman–Crippen LogP) is 9.07. The van der Waals surface area contributed by atoms with Crippen molar-refractivity contribution in [1.82, 2.24) is 9.55 Å². The molecule has 3 aromatic rings. The molecule has 0 bridgehead atoms. The van der Waals surface area contributed by atoms with Gasteiger partial charge in [0.15, 0.2) is 24.1 Å². The lowest BCUT2D eigenvalue weighted by atomic mass is 9.77. The Kier molecular flexibility index (Phi) is 12.2. The fourth-order valence-corrected chi connectivity index (χ4v) is 9.60. The van der Waals surface area contributed by atoms with Gasteiger partial charge in [0.1, 0.15) is 11.3 Å². The zero-order valence-corrected chi connectivity index (χ0v) is 32.8.